The highest BCUT2D eigenvalue weighted by Gasteiger charge is 2.38. The summed E-state index contributed by atoms with van der Waals surface area (Å²) in [6, 6.07) is 26.3. The fourth-order valence-electron chi connectivity index (χ4n) is 4.57. The number of fused-ring (bicyclic) bond motifs is 2. The zero-order valence-electron chi connectivity index (χ0n) is 22.1. The van der Waals surface area contributed by atoms with Crippen molar-refractivity contribution in [1.82, 2.24) is 5.32 Å². The number of carbonyl (C=O) groups is 1. The molecule has 0 aliphatic carbocycles. The predicted octanol–water partition coefficient (Wildman–Crippen LogP) is 5.72. The van der Waals surface area contributed by atoms with Crippen LogP contribution in [-0.2, 0) is 26.8 Å². The molecule has 1 unspecified atom stereocenters. The summed E-state index contributed by atoms with van der Waals surface area (Å²) < 4.78 is 35.1. The van der Waals surface area contributed by atoms with Crippen molar-refractivity contribution in [2.45, 2.75) is 50.7 Å². The van der Waals surface area contributed by atoms with Gasteiger partial charge in [0.15, 0.2) is 6.10 Å². The summed E-state index contributed by atoms with van der Waals surface area (Å²) in [4.78, 5) is 13.4. The minimum Gasteiger partial charge on any atom is -0.476 e. The second kappa shape index (κ2) is 9.80. The molecule has 6 nitrogen and oxygen atoms in total. The number of nitrogens with zero attached hydrogens (tertiary/aromatic N) is 1. The van der Waals surface area contributed by atoms with Crippen LogP contribution in [0.5, 0.6) is 5.75 Å². The number of carbonyl (C=O) groups excluding carboxylic acids is 1. The number of benzene rings is 4. The molecule has 0 saturated heterocycles. The van der Waals surface area contributed by atoms with E-state index < -0.39 is 16.1 Å². The van der Waals surface area contributed by atoms with E-state index in [1.54, 1.807) is 30.3 Å². The molecule has 0 spiro atoms. The SMILES string of the molecule is Cc1ccc(S(=O)(=O)N2CC(C(=O)NCc3ccc4ccccc4c3)Oc3ccc(C(C)(C)C)cc32)cc1. The highest BCUT2D eigenvalue weighted by Crippen LogP contribution is 2.40. The molecule has 0 bridgehead atoms. The summed E-state index contributed by atoms with van der Waals surface area (Å²) >= 11 is 0. The van der Waals surface area contributed by atoms with Gasteiger partial charge < -0.3 is 10.1 Å². The van der Waals surface area contributed by atoms with Gasteiger partial charge in [-0.25, -0.2) is 8.42 Å². The maximum absolute atomic E-state index is 13.8. The topological polar surface area (TPSA) is 75.7 Å². The van der Waals surface area contributed by atoms with Crippen LogP contribution in [0.2, 0.25) is 0 Å². The second-order valence-electron chi connectivity index (χ2n) is 10.8. The minimum atomic E-state index is -3.94. The van der Waals surface area contributed by atoms with Crippen LogP contribution in [-0.4, -0.2) is 27.0 Å². The molecule has 0 radical (unpaired) electrons. The van der Waals surface area contributed by atoms with Crippen molar-refractivity contribution in [2.75, 3.05) is 10.8 Å². The number of rotatable bonds is 5. The van der Waals surface area contributed by atoms with Gasteiger partial charge in [0.1, 0.15) is 5.75 Å². The van der Waals surface area contributed by atoms with Crippen LogP contribution < -0.4 is 14.4 Å². The first-order valence-corrected chi connectivity index (χ1v) is 14.1. The van der Waals surface area contributed by atoms with Crippen molar-refractivity contribution in [3.63, 3.8) is 0 Å². The molecule has 1 aliphatic rings. The Morgan fingerprint density at radius 1 is 0.947 bits per heavy atom. The van der Waals surface area contributed by atoms with E-state index in [4.69, 9.17) is 4.74 Å². The molecule has 1 heterocycles. The maximum Gasteiger partial charge on any atom is 0.264 e. The Balaban J connectivity index is 1.44. The first-order valence-electron chi connectivity index (χ1n) is 12.7. The zero-order valence-corrected chi connectivity index (χ0v) is 22.9. The average molecular weight is 529 g/mol. The molecule has 1 atom stereocenters. The molecule has 4 aromatic rings. The lowest BCUT2D eigenvalue weighted by Crippen LogP contribution is -2.50. The van der Waals surface area contributed by atoms with E-state index >= 15 is 0 Å². The Hall–Kier alpha value is -3.84. The molecule has 7 heteroatoms. The van der Waals surface area contributed by atoms with E-state index in [1.807, 2.05) is 61.5 Å². The van der Waals surface area contributed by atoms with Crippen LogP contribution in [0.3, 0.4) is 0 Å². The maximum atomic E-state index is 13.8. The first kappa shape index (κ1) is 25.8. The van der Waals surface area contributed by atoms with E-state index in [0.717, 1.165) is 27.5 Å². The van der Waals surface area contributed by atoms with Crippen molar-refractivity contribution in [3.8, 4) is 5.75 Å². The summed E-state index contributed by atoms with van der Waals surface area (Å²) in [5, 5.41) is 5.15. The van der Waals surface area contributed by atoms with E-state index in [9.17, 15) is 13.2 Å². The molecule has 1 N–H and O–H groups in total. The number of hydrogen-bond donors (Lipinski definition) is 1. The third-order valence-electron chi connectivity index (χ3n) is 6.88. The number of aryl methyl sites for hydroxylation is 1. The Morgan fingerprint density at radius 3 is 2.37 bits per heavy atom. The van der Waals surface area contributed by atoms with Crippen LogP contribution in [0, 0.1) is 6.92 Å². The van der Waals surface area contributed by atoms with Gasteiger partial charge in [0.05, 0.1) is 17.1 Å². The molecule has 0 fully saturated rings. The number of hydrogen-bond acceptors (Lipinski definition) is 4. The van der Waals surface area contributed by atoms with E-state index in [-0.39, 0.29) is 22.8 Å². The van der Waals surface area contributed by atoms with Gasteiger partial charge in [-0.2, -0.15) is 0 Å². The quantitative estimate of drug-likeness (QED) is 0.360. The van der Waals surface area contributed by atoms with Gasteiger partial charge >= 0.3 is 0 Å². The zero-order chi connectivity index (χ0) is 27.1. The number of ether oxygens (including phenoxy) is 1. The lowest BCUT2D eigenvalue weighted by molar-refractivity contribution is -0.127. The van der Waals surface area contributed by atoms with Crippen LogP contribution in [0.1, 0.15) is 37.5 Å². The molecule has 0 saturated carbocycles. The van der Waals surface area contributed by atoms with Gasteiger partial charge in [-0.1, -0.05) is 80.9 Å². The van der Waals surface area contributed by atoms with Crippen molar-refractivity contribution in [3.05, 3.63) is 102 Å². The van der Waals surface area contributed by atoms with E-state index in [0.29, 0.717) is 18.0 Å². The van der Waals surface area contributed by atoms with Gasteiger partial charge in [0, 0.05) is 6.54 Å². The summed E-state index contributed by atoms with van der Waals surface area (Å²) in [6.45, 7) is 8.30. The average Bonchev–Trinajstić information content (AvgIpc) is 2.90. The second-order valence-corrected chi connectivity index (χ2v) is 12.6. The van der Waals surface area contributed by atoms with E-state index in [1.165, 1.54) is 4.31 Å². The van der Waals surface area contributed by atoms with Crippen LogP contribution in [0.25, 0.3) is 10.8 Å². The highest BCUT2D eigenvalue weighted by atomic mass is 32.2. The number of anilines is 1. The van der Waals surface area contributed by atoms with Gasteiger partial charge in [-0.05, 0) is 64.6 Å². The smallest absolute Gasteiger partial charge is 0.264 e. The fraction of sp³-hybridized carbons (Fsp3) is 0.258. The normalized spacial score (nSPS) is 15.6. The van der Waals surface area contributed by atoms with Crippen molar-refractivity contribution in [1.29, 1.82) is 0 Å². The predicted molar refractivity (Wildman–Crippen MR) is 151 cm³/mol. The summed E-state index contributed by atoms with van der Waals surface area (Å²) in [5.74, 6) is -0.00129. The molecule has 38 heavy (non-hydrogen) atoms. The van der Waals surface area contributed by atoms with E-state index in [2.05, 4.69) is 26.1 Å². The van der Waals surface area contributed by atoms with Crippen LogP contribution in [0.15, 0.2) is 89.8 Å². The first-order chi connectivity index (χ1) is 18.0. The van der Waals surface area contributed by atoms with Crippen molar-refractivity contribution < 1.29 is 17.9 Å². The molecule has 1 aliphatic heterocycles. The molecule has 196 valence electrons. The highest BCUT2D eigenvalue weighted by molar-refractivity contribution is 7.92. The largest absolute Gasteiger partial charge is 0.476 e. The number of sulfonamides is 1. The van der Waals surface area contributed by atoms with Crippen LogP contribution in [0.4, 0.5) is 5.69 Å². The fourth-order valence-corrected chi connectivity index (χ4v) is 6.04. The van der Waals surface area contributed by atoms with Crippen molar-refractivity contribution >= 4 is 32.4 Å². The molecule has 5 rings (SSSR count). The molecular formula is C31H32N2O4S. The Morgan fingerprint density at radius 2 is 1.66 bits per heavy atom. The molecule has 1 amide bonds. The summed E-state index contributed by atoms with van der Waals surface area (Å²) in [5.41, 5.74) is 3.14. The molecular weight excluding hydrogens is 496 g/mol. The van der Waals surface area contributed by atoms with Gasteiger partial charge in [-0.3, -0.25) is 9.10 Å². The van der Waals surface area contributed by atoms with Gasteiger partial charge in [0.25, 0.3) is 15.9 Å². The number of amides is 1. The van der Waals surface area contributed by atoms with Gasteiger partial charge in [-0.15, -0.1) is 0 Å². The molecule has 0 aromatic heterocycles. The third kappa shape index (κ3) is 5.11. The summed E-state index contributed by atoms with van der Waals surface area (Å²) in [7, 11) is -3.94. The van der Waals surface area contributed by atoms with Gasteiger partial charge in [0.2, 0.25) is 0 Å². The monoisotopic (exact) mass is 528 g/mol. The molecule has 4 aromatic carbocycles. The lowest BCUT2D eigenvalue weighted by Gasteiger charge is -2.36. The number of nitrogens with one attached hydrogen (secondary N) is 1. The lowest BCUT2D eigenvalue weighted by atomic mass is 9.86. The Bertz CT molecular complexity index is 1610. The minimum absolute atomic E-state index is 0.125. The third-order valence-corrected chi connectivity index (χ3v) is 8.67. The Kier molecular flexibility index (Phi) is 6.65. The Labute approximate surface area is 224 Å². The standard InChI is InChI=1S/C31H32N2O4S/c1-21-9-14-26(15-10-21)38(35,36)33-20-29(37-28-16-13-25(18-27(28)33)31(2,3)4)30(34)32-19-22-11-12-23-7-5-6-8-24(23)17-22/h5-18,29H,19-20H2,1-4H3,(H,32,34). The van der Waals surface area contributed by atoms with Crippen molar-refractivity contribution in [2.24, 2.45) is 0 Å². The van der Waals surface area contributed by atoms with Crippen LogP contribution >= 0.6 is 0 Å². The summed E-state index contributed by atoms with van der Waals surface area (Å²) in [6.07, 6.45) is -0.997.